The van der Waals surface area contributed by atoms with Gasteiger partial charge < -0.3 is 19.8 Å². The minimum absolute atomic E-state index is 0.292. The van der Waals surface area contributed by atoms with Gasteiger partial charge in [0.15, 0.2) is 0 Å². The highest BCUT2D eigenvalue weighted by Crippen LogP contribution is 2.36. The van der Waals surface area contributed by atoms with Gasteiger partial charge in [0.1, 0.15) is 0 Å². The van der Waals surface area contributed by atoms with E-state index >= 15 is 0 Å². The molecule has 1 aliphatic carbocycles. The number of aliphatic carboxylic acids is 2. The third-order valence-corrected chi connectivity index (χ3v) is 3.54. The molecular weight excluding hydrogens is 296 g/mol. The summed E-state index contributed by atoms with van der Waals surface area (Å²) in [4.78, 5) is 22.1. The fourth-order valence-electron chi connectivity index (χ4n) is 2.52. The summed E-state index contributed by atoms with van der Waals surface area (Å²) in [6.07, 6.45) is -3.38. The molecule has 0 unspecified atom stereocenters. The molecule has 0 amide bonds. The first-order valence-corrected chi connectivity index (χ1v) is 6.48. The van der Waals surface area contributed by atoms with Crippen LogP contribution in [0.25, 0.3) is 0 Å². The topological polar surface area (TPSA) is 80.3 Å². The van der Waals surface area contributed by atoms with Crippen molar-refractivity contribution in [2.24, 2.45) is 5.92 Å². The normalized spacial score (nSPS) is 18.5. The van der Waals surface area contributed by atoms with Crippen LogP contribution in [0.2, 0.25) is 0 Å². The first-order valence-electron chi connectivity index (χ1n) is 6.48. The standard InChI is InChI=1S/C13H16F4O4/c14-12(15)13(16,17)6-8(10(18)19)9(11(20)21)7-4-2-1-3-5-7/h7,12H,1-6H2,(H,18,19)(H,20,21)/p-2/b9-8+. The van der Waals surface area contributed by atoms with Crippen LogP contribution in [0.1, 0.15) is 38.5 Å². The van der Waals surface area contributed by atoms with Gasteiger partial charge in [-0.05, 0) is 29.9 Å². The molecule has 0 heterocycles. The van der Waals surface area contributed by atoms with Gasteiger partial charge in [0.05, 0.1) is 11.9 Å². The Labute approximate surface area is 118 Å². The van der Waals surface area contributed by atoms with Crippen molar-refractivity contribution in [2.75, 3.05) is 0 Å². The van der Waals surface area contributed by atoms with Crippen molar-refractivity contribution >= 4 is 11.9 Å². The Kier molecular flexibility index (Phi) is 5.74. The Hall–Kier alpha value is -1.60. The van der Waals surface area contributed by atoms with Crippen LogP contribution in [-0.2, 0) is 9.59 Å². The number of hydrogen-bond donors (Lipinski definition) is 0. The second-order valence-corrected chi connectivity index (χ2v) is 5.04. The molecule has 0 aromatic heterocycles. The van der Waals surface area contributed by atoms with Gasteiger partial charge in [-0.2, -0.15) is 8.78 Å². The lowest BCUT2D eigenvalue weighted by Crippen LogP contribution is -2.38. The van der Waals surface area contributed by atoms with E-state index in [2.05, 4.69) is 0 Å². The summed E-state index contributed by atoms with van der Waals surface area (Å²) in [5, 5.41) is 22.1. The fourth-order valence-corrected chi connectivity index (χ4v) is 2.52. The van der Waals surface area contributed by atoms with E-state index in [4.69, 9.17) is 0 Å². The van der Waals surface area contributed by atoms with Crippen LogP contribution in [0.5, 0.6) is 0 Å². The fraction of sp³-hybridized carbons (Fsp3) is 0.692. The van der Waals surface area contributed by atoms with Gasteiger partial charge in [0.25, 0.3) is 0 Å². The molecule has 0 atom stereocenters. The molecule has 0 N–H and O–H groups in total. The molecular formula is C13H14F4O4-2. The quantitative estimate of drug-likeness (QED) is 0.533. The largest absolute Gasteiger partial charge is 0.545 e. The maximum absolute atomic E-state index is 13.1. The molecule has 1 saturated carbocycles. The third-order valence-electron chi connectivity index (χ3n) is 3.54. The summed E-state index contributed by atoms with van der Waals surface area (Å²) in [7, 11) is 0. The molecule has 4 nitrogen and oxygen atoms in total. The van der Waals surface area contributed by atoms with E-state index < -0.39 is 47.8 Å². The lowest BCUT2D eigenvalue weighted by molar-refractivity contribution is -0.305. The molecule has 0 saturated heterocycles. The summed E-state index contributed by atoms with van der Waals surface area (Å²) < 4.78 is 50.5. The van der Waals surface area contributed by atoms with Gasteiger partial charge in [0, 0.05) is 6.42 Å². The van der Waals surface area contributed by atoms with Gasteiger partial charge >= 0.3 is 12.3 Å². The Morgan fingerprint density at radius 3 is 1.95 bits per heavy atom. The van der Waals surface area contributed by atoms with Crippen LogP contribution in [0.3, 0.4) is 0 Å². The third kappa shape index (κ3) is 4.44. The number of carboxylic acids is 2. The summed E-state index contributed by atoms with van der Waals surface area (Å²) in [5.74, 6) is -9.53. The number of halogens is 4. The van der Waals surface area contributed by atoms with Crippen molar-refractivity contribution in [1.82, 2.24) is 0 Å². The number of carboxylic acid groups (broad SMARTS) is 2. The summed E-state index contributed by atoms with van der Waals surface area (Å²) >= 11 is 0. The molecule has 120 valence electrons. The number of hydrogen-bond acceptors (Lipinski definition) is 4. The number of carbonyl (C=O) groups excluding carboxylic acids is 2. The Morgan fingerprint density at radius 2 is 1.57 bits per heavy atom. The van der Waals surface area contributed by atoms with Crippen LogP contribution in [0, 0.1) is 5.92 Å². The van der Waals surface area contributed by atoms with E-state index in [0.29, 0.717) is 25.7 Å². The van der Waals surface area contributed by atoms with E-state index in [0.717, 1.165) is 6.42 Å². The maximum Gasteiger partial charge on any atom is 0.311 e. The van der Waals surface area contributed by atoms with Crippen LogP contribution in [-0.4, -0.2) is 24.3 Å². The molecule has 0 radical (unpaired) electrons. The smallest absolute Gasteiger partial charge is 0.311 e. The lowest BCUT2D eigenvalue weighted by atomic mass is 9.80. The first kappa shape index (κ1) is 17.5. The van der Waals surface area contributed by atoms with Crippen molar-refractivity contribution in [3.8, 4) is 0 Å². The number of carbonyl (C=O) groups is 2. The maximum atomic E-state index is 13.1. The van der Waals surface area contributed by atoms with Crippen LogP contribution >= 0.6 is 0 Å². The van der Waals surface area contributed by atoms with Crippen molar-refractivity contribution in [2.45, 2.75) is 50.9 Å². The molecule has 0 aromatic carbocycles. The lowest BCUT2D eigenvalue weighted by Gasteiger charge is -2.29. The predicted octanol–water partition coefficient (Wildman–Crippen LogP) is 0.654. The zero-order chi connectivity index (χ0) is 16.2. The van der Waals surface area contributed by atoms with Gasteiger partial charge in [-0.25, -0.2) is 8.78 Å². The summed E-state index contributed by atoms with van der Waals surface area (Å²) in [6.45, 7) is 0. The zero-order valence-corrected chi connectivity index (χ0v) is 11.0. The van der Waals surface area contributed by atoms with E-state index in [9.17, 15) is 37.4 Å². The molecule has 1 aliphatic rings. The van der Waals surface area contributed by atoms with Crippen molar-refractivity contribution in [3.05, 3.63) is 11.1 Å². The van der Waals surface area contributed by atoms with Gasteiger partial charge in [-0.15, -0.1) is 0 Å². The summed E-state index contributed by atoms with van der Waals surface area (Å²) in [5.41, 5.74) is -2.14. The Balaban J connectivity index is 3.21. The molecule has 0 bridgehead atoms. The monoisotopic (exact) mass is 310 g/mol. The van der Waals surface area contributed by atoms with Crippen molar-refractivity contribution < 1.29 is 37.4 Å². The van der Waals surface area contributed by atoms with E-state index in [1.807, 2.05) is 0 Å². The first-order chi connectivity index (χ1) is 9.66. The molecule has 0 spiro atoms. The second-order valence-electron chi connectivity index (χ2n) is 5.04. The highest BCUT2D eigenvalue weighted by Gasteiger charge is 2.42. The average Bonchev–Trinajstić information content (AvgIpc) is 2.38. The highest BCUT2D eigenvalue weighted by molar-refractivity contribution is 5.97. The molecule has 0 aromatic rings. The summed E-state index contributed by atoms with van der Waals surface area (Å²) in [6, 6.07) is 0. The highest BCUT2D eigenvalue weighted by atomic mass is 19.3. The minimum atomic E-state index is -4.63. The zero-order valence-electron chi connectivity index (χ0n) is 11.0. The second kappa shape index (κ2) is 6.91. The van der Waals surface area contributed by atoms with E-state index in [1.54, 1.807) is 0 Å². The molecule has 1 rings (SSSR count). The minimum Gasteiger partial charge on any atom is -0.545 e. The SMILES string of the molecule is O=C([O-])/C(CC(F)(F)C(F)F)=C(/C(=O)[O-])C1CCCCC1. The van der Waals surface area contributed by atoms with Crippen molar-refractivity contribution in [1.29, 1.82) is 0 Å². The molecule has 0 aliphatic heterocycles. The van der Waals surface area contributed by atoms with E-state index in [1.165, 1.54) is 0 Å². The van der Waals surface area contributed by atoms with Gasteiger partial charge in [-0.1, -0.05) is 19.3 Å². The number of alkyl halides is 4. The van der Waals surface area contributed by atoms with E-state index in [-0.39, 0.29) is 0 Å². The molecule has 21 heavy (non-hydrogen) atoms. The van der Waals surface area contributed by atoms with Gasteiger partial charge in [-0.3, -0.25) is 0 Å². The van der Waals surface area contributed by atoms with Crippen molar-refractivity contribution in [3.63, 3.8) is 0 Å². The van der Waals surface area contributed by atoms with Crippen LogP contribution < -0.4 is 10.2 Å². The Morgan fingerprint density at radius 1 is 1.05 bits per heavy atom. The molecule has 8 heteroatoms. The number of rotatable bonds is 6. The Bertz CT molecular complexity index is 439. The van der Waals surface area contributed by atoms with Crippen LogP contribution in [0.4, 0.5) is 17.6 Å². The average molecular weight is 310 g/mol. The molecule has 1 fully saturated rings. The van der Waals surface area contributed by atoms with Gasteiger partial charge in [0.2, 0.25) is 0 Å². The van der Waals surface area contributed by atoms with Crippen LogP contribution in [0.15, 0.2) is 11.1 Å². The predicted molar refractivity (Wildman–Crippen MR) is 59.2 cm³/mol.